The van der Waals surface area contributed by atoms with Gasteiger partial charge in [0.2, 0.25) is 0 Å². The molecule has 2 aromatic rings. The fourth-order valence-corrected chi connectivity index (χ4v) is 3.10. The van der Waals surface area contributed by atoms with E-state index in [9.17, 15) is 0 Å². The minimum absolute atomic E-state index is 0.605. The molecule has 0 aliphatic rings. The highest BCUT2D eigenvalue weighted by Gasteiger charge is 2.05. The molecular weight excluding hydrogens is 304 g/mol. The van der Waals surface area contributed by atoms with Crippen molar-refractivity contribution in [2.45, 2.75) is 9.79 Å². The highest BCUT2D eigenvalue weighted by Crippen LogP contribution is 2.27. The highest BCUT2D eigenvalue weighted by molar-refractivity contribution is 7.99. The minimum Gasteiger partial charge on any atom is -0.332 e. The van der Waals surface area contributed by atoms with Crippen LogP contribution in [0.25, 0.3) is 0 Å². The van der Waals surface area contributed by atoms with Crippen LogP contribution in [0.5, 0.6) is 0 Å². The first-order valence-corrected chi connectivity index (χ1v) is 8.94. The Kier molecular flexibility index (Phi) is 5.76. The number of thiocarbonyl (C=S) groups is 1. The number of thioether (sulfide) groups is 2. The second-order valence-corrected chi connectivity index (χ2v) is 6.08. The molecular formula is C15H16N2S3. The number of para-hydroxylation sites is 2. The molecule has 2 aromatic carbocycles. The van der Waals surface area contributed by atoms with E-state index in [1.54, 1.807) is 23.5 Å². The second-order valence-electron chi connectivity index (χ2n) is 3.98. The number of hydrogen-bond acceptors (Lipinski definition) is 3. The van der Waals surface area contributed by atoms with Crippen LogP contribution in [0.2, 0.25) is 0 Å². The number of nitrogens with one attached hydrogen (secondary N) is 2. The maximum atomic E-state index is 5.39. The van der Waals surface area contributed by atoms with Gasteiger partial charge >= 0.3 is 0 Å². The summed E-state index contributed by atoms with van der Waals surface area (Å²) in [5.41, 5.74) is 2.05. The third-order valence-corrected chi connectivity index (χ3v) is 4.51. The van der Waals surface area contributed by atoms with Gasteiger partial charge in [-0.1, -0.05) is 24.3 Å². The molecule has 0 saturated carbocycles. The molecule has 0 bridgehead atoms. The predicted octanol–water partition coefficient (Wildman–Crippen LogP) is 4.94. The first kappa shape index (κ1) is 15.2. The van der Waals surface area contributed by atoms with E-state index < -0.39 is 0 Å². The zero-order chi connectivity index (χ0) is 14.4. The van der Waals surface area contributed by atoms with Crippen molar-refractivity contribution in [3.05, 3.63) is 48.5 Å². The van der Waals surface area contributed by atoms with Crippen molar-refractivity contribution in [3.63, 3.8) is 0 Å². The smallest absolute Gasteiger partial charge is 0.175 e. The summed E-state index contributed by atoms with van der Waals surface area (Å²) in [5.74, 6) is 0. The Balaban J connectivity index is 2.09. The van der Waals surface area contributed by atoms with Crippen LogP contribution in [0, 0.1) is 0 Å². The monoisotopic (exact) mass is 320 g/mol. The Morgan fingerprint density at radius 3 is 1.60 bits per heavy atom. The standard InChI is InChI=1S/C15H16N2S3/c1-19-13-9-5-3-7-11(13)16-15(18)17-12-8-4-6-10-14(12)20-2/h3-10H,1-2H3,(H2,16,17,18). The third-order valence-electron chi connectivity index (χ3n) is 2.71. The van der Waals surface area contributed by atoms with Crippen molar-refractivity contribution in [3.8, 4) is 0 Å². The first-order chi connectivity index (χ1) is 9.74. The van der Waals surface area contributed by atoms with Crippen LogP contribution in [0.3, 0.4) is 0 Å². The molecule has 0 amide bonds. The minimum atomic E-state index is 0.605. The maximum absolute atomic E-state index is 5.39. The molecule has 2 rings (SSSR count). The largest absolute Gasteiger partial charge is 0.332 e. The highest BCUT2D eigenvalue weighted by atomic mass is 32.2. The molecule has 0 aromatic heterocycles. The molecule has 0 unspecified atom stereocenters. The van der Waals surface area contributed by atoms with Gasteiger partial charge in [-0.05, 0) is 49.0 Å². The molecule has 0 spiro atoms. The van der Waals surface area contributed by atoms with Crippen LogP contribution in [0.4, 0.5) is 11.4 Å². The summed E-state index contributed by atoms with van der Waals surface area (Å²) in [6.45, 7) is 0. The van der Waals surface area contributed by atoms with Crippen molar-refractivity contribution < 1.29 is 0 Å². The molecule has 0 aliphatic carbocycles. The number of hydrogen-bond donors (Lipinski definition) is 2. The van der Waals surface area contributed by atoms with Crippen LogP contribution < -0.4 is 10.6 Å². The summed E-state index contributed by atoms with van der Waals surface area (Å²) < 4.78 is 0. The summed E-state index contributed by atoms with van der Waals surface area (Å²) >= 11 is 8.79. The van der Waals surface area contributed by atoms with Gasteiger partial charge in [-0.25, -0.2) is 0 Å². The quantitative estimate of drug-likeness (QED) is 0.614. The zero-order valence-corrected chi connectivity index (χ0v) is 13.8. The molecule has 0 aliphatic heterocycles. The van der Waals surface area contributed by atoms with Gasteiger partial charge in [0.05, 0.1) is 11.4 Å². The van der Waals surface area contributed by atoms with Crippen molar-refractivity contribution in [1.29, 1.82) is 0 Å². The second kappa shape index (κ2) is 7.57. The van der Waals surface area contributed by atoms with E-state index in [0.29, 0.717) is 5.11 Å². The average Bonchev–Trinajstić information content (AvgIpc) is 2.48. The summed E-state index contributed by atoms with van der Waals surface area (Å²) in [7, 11) is 0. The molecule has 104 valence electrons. The van der Waals surface area contributed by atoms with E-state index >= 15 is 0 Å². The number of rotatable bonds is 4. The van der Waals surface area contributed by atoms with E-state index in [0.717, 1.165) is 11.4 Å². The maximum Gasteiger partial charge on any atom is 0.175 e. The van der Waals surface area contributed by atoms with Gasteiger partial charge in [-0.15, -0.1) is 23.5 Å². The van der Waals surface area contributed by atoms with Crippen LogP contribution in [0.15, 0.2) is 58.3 Å². The Bertz CT molecular complexity index is 548. The molecule has 2 nitrogen and oxygen atoms in total. The van der Waals surface area contributed by atoms with Crippen molar-refractivity contribution in [2.24, 2.45) is 0 Å². The summed E-state index contributed by atoms with van der Waals surface area (Å²) in [5, 5.41) is 7.11. The van der Waals surface area contributed by atoms with Gasteiger partial charge in [-0.3, -0.25) is 0 Å². The Morgan fingerprint density at radius 1 is 0.800 bits per heavy atom. The topological polar surface area (TPSA) is 24.1 Å². The van der Waals surface area contributed by atoms with E-state index in [1.807, 2.05) is 36.4 Å². The van der Waals surface area contributed by atoms with Gasteiger partial charge in [-0.2, -0.15) is 0 Å². The fraction of sp³-hybridized carbons (Fsp3) is 0.133. The van der Waals surface area contributed by atoms with E-state index in [1.165, 1.54) is 9.79 Å². The fourth-order valence-electron chi connectivity index (χ4n) is 1.77. The lowest BCUT2D eigenvalue weighted by atomic mass is 10.3. The first-order valence-electron chi connectivity index (χ1n) is 6.08. The van der Waals surface area contributed by atoms with Gasteiger partial charge in [0.25, 0.3) is 0 Å². The molecule has 0 heterocycles. The van der Waals surface area contributed by atoms with Gasteiger partial charge in [0.1, 0.15) is 0 Å². The molecule has 0 fully saturated rings. The molecule has 0 atom stereocenters. The Hall–Kier alpha value is -1.17. The summed E-state index contributed by atoms with van der Waals surface area (Å²) in [6.07, 6.45) is 4.11. The third kappa shape index (κ3) is 3.91. The van der Waals surface area contributed by atoms with E-state index in [-0.39, 0.29) is 0 Å². The number of anilines is 2. The van der Waals surface area contributed by atoms with E-state index in [4.69, 9.17) is 12.2 Å². The van der Waals surface area contributed by atoms with Crippen LogP contribution in [0.1, 0.15) is 0 Å². The molecule has 0 saturated heterocycles. The average molecular weight is 321 g/mol. The number of benzene rings is 2. The Morgan fingerprint density at radius 2 is 1.20 bits per heavy atom. The zero-order valence-electron chi connectivity index (χ0n) is 11.3. The van der Waals surface area contributed by atoms with Crippen LogP contribution >= 0.6 is 35.7 Å². The molecule has 5 heteroatoms. The van der Waals surface area contributed by atoms with Gasteiger partial charge in [0.15, 0.2) is 5.11 Å². The van der Waals surface area contributed by atoms with E-state index in [2.05, 4.69) is 35.3 Å². The Labute approximate surface area is 133 Å². The normalized spacial score (nSPS) is 10.1. The lowest BCUT2D eigenvalue weighted by Crippen LogP contribution is -2.19. The molecule has 2 N–H and O–H groups in total. The van der Waals surface area contributed by atoms with Crippen molar-refractivity contribution in [2.75, 3.05) is 23.1 Å². The van der Waals surface area contributed by atoms with Crippen LogP contribution in [-0.4, -0.2) is 17.6 Å². The molecule has 0 radical (unpaired) electrons. The summed E-state index contributed by atoms with van der Waals surface area (Å²) in [4.78, 5) is 2.35. The van der Waals surface area contributed by atoms with Crippen molar-refractivity contribution in [1.82, 2.24) is 0 Å². The van der Waals surface area contributed by atoms with Crippen LogP contribution in [-0.2, 0) is 0 Å². The molecule has 20 heavy (non-hydrogen) atoms. The SMILES string of the molecule is CSc1ccccc1NC(=S)Nc1ccccc1SC. The van der Waals surface area contributed by atoms with Gasteiger partial charge in [0, 0.05) is 9.79 Å². The summed E-state index contributed by atoms with van der Waals surface area (Å²) in [6, 6.07) is 16.3. The van der Waals surface area contributed by atoms with Crippen molar-refractivity contribution >= 4 is 52.2 Å². The van der Waals surface area contributed by atoms with Gasteiger partial charge < -0.3 is 10.6 Å². The lowest BCUT2D eigenvalue weighted by molar-refractivity contribution is 1.42. The lowest BCUT2D eigenvalue weighted by Gasteiger charge is -2.14. The predicted molar refractivity (Wildman–Crippen MR) is 96.3 cm³/mol.